The molecule has 0 saturated carbocycles. The van der Waals surface area contributed by atoms with E-state index in [9.17, 15) is 9.59 Å². The van der Waals surface area contributed by atoms with E-state index in [4.69, 9.17) is 4.74 Å². The molecule has 0 radical (unpaired) electrons. The average molecular weight is 295 g/mol. The van der Waals surface area contributed by atoms with Gasteiger partial charge in [-0.15, -0.1) is 16.4 Å². The number of ether oxygens (including phenoxy) is 1. The van der Waals surface area contributed by atoms with Gasteiger partial charge < -0.3 is 10.1 Å². The fourth-order valence-corrected chi connectivity index (χ4v) is 2.31. The molecule has 0 fully saturated rings. The number of thiophene rings is 1. The van der Waals surface area contributed by atoms with Gasteiger partial charge in [-0.3, -0.25) is 9.59 Å². The first-order valence-corrected chi connectivity index (χ1v) is 6.85. The highest BCUT2D eigenvalue weighted by atomic mass is 32.1. The zero-order valence-corrected chi connectivity index (χ0v) is 11.6. The summed E-state index contributed by atoms with van der Waals surface area (Å²) in [5.41, 5.74) is 0.605. The molecule has 0 aromatic carbocycles. The maximum Gasteiger partial charge on any atom is 0.307 e. The Morgan fingerprint density at radius 3 is 3.05 bits per heavy atom. The lowest BCUT2D eigenvalue weighted by molar-refractivity contribution is -0.142. The van der Waals surface area contributed by atoms with Gasteiger partial charge in [0.05, 0.1) is 18.7 Å². The highest BCUT2D eigenvalue weighted by molar-refractivity contribution is 7.12. The van der Waals surface area contributed by atoms with E-state index in [-0.39, 0.29) is 24.8 Å². The molecule has 2 aromatic heterocycles. The maximum absolute atomic E-state index is 12.0. The van der Waals surface area contributed by atoms with Crippen LogP contribution < -0.4 is 5.32 Å². The molecule has 1 N–H and O–H groups in total. The predicted octanol–water partition coefficient (Wildman–Crippen LogP) is 0.407. The van der Waals surface area contributed by atoms with Crippen molar-refractivity contribution in [3.05, 3.63) is 22.7 Å². The van der Waals surface area contributed by atoms with Gasteiger partial charge in [0, 0.05) is 6.54 Å². The van der Waals surface area contributed by atoms with Crippen molar-refractivity contribution in [1.82, 2.24) is 25.5 Å². The van der Waals surface area contributed by atoms with Crippen molar-refractivity contribution in [2.75, 3.05) is 13.2 Å². The van der Waals surface area contributed by atoms with E-state index in [1.165, 1.54) is 22.3 Å². The van der Waals surface area contributed by atoms with Crippen LogP contribution >= 0.6 is 11.3 Å². The van der Waals surface area contributed by atoms with E-state index in [0.29, 0.717) is 17.2 Å². The number of carbonyl (C=O) groups excluding carboxylic acids is 2. The standard InChI is InChI=1S/C11H13N5O3S/c1-2-19-9(17)3-5-12-11(18)10-8(4-6-20-10)16-7-13-14-15-16/h4,6-7H,2-3,5H2,1H3,(H,12,18). The summed E-state index contributed by atoms with van der Waals surface area (Å²) in [6.07, 6.45) is 1.56. The Morgan fingerprint density at radius 1 is 1.50 bits per heavy atom. The largest absolute Gasteiger partial charge is 0.466 e. The van der Waals surface area contributed by atoms with Gasteiger partial charge in [0.25, 0.3) is 5.91 Å². The van der Waals surface area contributed by atoms with Gasteiger partial charge in [0.1, 0.15) is 11.2 Å². The first kappa shape index (κ1) is 14.1. The van der Waals surface area contributed by atoms with Crippen molar-refractivity contribution in [3.8, 4) is 5.69 Å². The predicted molar refractivity (Wildman–Crippen MR) is 70.6 cm³/mol. The normalized spacial score (nSPS) is 10.2. The molecule has 0 spiro atoms. The molecule has 0 aliphatic carbocycles. The quantitative estimate of drug-likeness (QED) is 0.775. The summed E-state index contributed by atoms with van der Waals surface area (Å²) in [7, 11) is 0. The lowest BCUT2D eigenvalue weighted by Crippen LogP contribution is -2.26. The first-order chi connectivity index (χ1) is 9.72. The van der Waals surface area contributed by atoms with Crippen LogP contribution in [0.15, 0.2) is 17.8 Å². The highest BCUT2D eigenvalue weighted by Gasteiger charge is 2.15. The third kappa shape index (κ3) is 3.38. The number of aromatic nitrogens is 4. The Hall–Kier alpha value is -2.29. The fraction of sp³-hybridized carbons (Fsp3) is 0.364. The maximum atomic E-state index is 12.0. The lowest BCUT2D eigenvalue weighted by atomic mass is 10.3. The van der Waals surface area contributed by atoms with Crippen LogP contribution in [0, 0.1) is 0 Å². The molecule has 2 aromatic rings. The Balaban J connectivity index is 1.94. The van der Waals surface area contributed by atoms with Crippen LogP contribution in [-0.4, -0.2) is 45.2 Å². The number of hydrogen-bond donors (Lipinski definition) is 1. The number of hydrogen-bond acceptors (Lipinski definition) is 7. The molecule has 2 rings (SSSR count). The molecule has 1 amide bonds. The summed E-state index contributed by atoms with van der Waals surface area (Å²) in [6, 6.07) is 1.75. The molecule has 0 aliphatic heterocycles. The summed E-state index contributed by atoms with van der Waals surface area (Å²) in [5, 5.41) is 15.2. The van der Waals surface area contributed by atoms with Gasteiger partial charge in [-0.2, -0.15) is 4.68 Å². The minimum Gasteiger partial charge on any atom is -0.466 e. The number of nitrogens with zero attached hydrogens (tertiary/aromatic N) is 4. The number of carbonyl (C=O) groups is 2. The van der Waals surface area contributed by atoms with Gasteiger partial charge in [0.2, 0.25) is 0 Å². The molecule has 2 heterocycles. The van der Waals surface area contributed by atoms with Crippen molar-refractivity contribution in [2.45, 2.75) is 13.3 Å². The van der Waals surface area contributed by atoms with E-state index in [1.807, 2.05) is 0 Å². The minimum absolute atomic E-state index is 0.144. The van der Waals surface area contributed by atoms with Crippen LogP contribution in [0.1, 0.15) is 23.0 Å². The second-order valence-corrected chi connectivity index (χ2v) is 4.62. The van der Waals surface area contributed by atoms with Crippen LogP contribution in [0.25, 0.3) is 5.69 Å². The van der Waals surface area contributed by atoms with Crippen molar-refractivity contribution >= 4 is 23.2 Å². The molecular weight excluding hydrogens is 282 g/mol. The molecule has 0 bridgehead atoms. The molecule has 0 aliphatic rings. The number of tetrazole rings is 1. The zero-order chi connectivity index (χ0) is 14.4. The van der Waals surface area contributed by atoms with E-state index in [0.717, 1.165) is 0 Å². The van der Waals surface area contributed by atoms with Crippen LogP contribution in [0.2, 0.25) is 0 Å². The van der Waals surface area contributed by atoms with E-state index < -0.39 is 0 Å². The molecule has 0 saturated heterocycles. The number of rotatable bonds is 6. The van der Waals surface area contributed by atoms with Gasteiger partial charge in [-0.25, -0.2) is 0 Å². The smallest absolute Gasteiger partial charge is 0.307 e. The van der Waals surface area contributed by atoms with Crippen LogP contribution in [0.3, 0.4) is 0 Å². The second-order valence-electron chi connectivity index (χ2n) is 3.70. The molecule has 0 atom stereocenters. The SMILES string of the molecule is CCOC(=O)CCNC(=O)c1sccc1-n1cnnn1. The average Bonchev–Trinajstić information content (AvgIpc) is 3.09. The fourth-order valence-electron chi connectivity index (χ4n) is 1.52. The molecule has 8 nitrogen and oxygen atoms in total. The number of amides is 1. The summed E-state index contributed by atoms with van der Waals surface area (Å²) < 4.78 is 6.19. The Bertz CT molecular complexity index is 581. The summed E-state index contributed by atoms with van der Waals surface area (Å²) in [4.78, 5) is 23.7. The lowest BCUT2D eigenvalue weighted by Gasteiger charge is -2.05. The monoisotopic (exact) mass is 295 g/mol. The van der Waals surface area contributed by atoms with Crippen molar-refractivity contribution < 1.29 is 14.3 Å². The van der Waals surface area contributed by atoms with E-state index in [2.05, 4.69) is 20.8 Å². The van der Waals surface area contributed by atoms with Crippen LogP contribution in [-0.2, 0) is 9.53 Å². The zero-order valence-electron chi connectivity index (χ0n) is 10.8. The van der Waals surface area contributed by atoms with Crippen LogP contribution in [0.5, 0.6) is 0 Å². The third-order valence-corrected chi connectivity index (χ3v) is 3.27. The highest BCUT2D eigenvalue weighted by Crippen LogP contribution is 2.19. The first-order valence-electron chi connectivity index (χ1n) is 5.97. The van der Waals surface area contributed by atoms with Crippen molar-refractivity contribution in [1.29, 1.82) is 0 Å². The Labute approximate surface area is 118 Å². The Kier molecular flexibility index (Phi) is 4.77. The molecule has 9 heteroatoms. The third-order valence-electron chi connectivity index (χ3n) is 2.37. The summed E-state index contributed by atoms with van der Waals surface area (Å²) >= 11 is 1.28. The van der Waals surface area contributed by atoms with Crippen molar-refractivity contribution in [3.63, 3.8) is 0 Å². The summed E-state index contributed by atoms with van der Waals surface area (Å²) in [5.74, 6) is -0.602. The molecule has 20 heavy (non-hydrogen) atoms. The van der Waals surface area contributed by atoms with Gasteiger partial charge >= 0.3 is 5.97 Å². The van der Waals surface area contributed by atoms with Gasteiger partial charge in [0.15, 0.2) is 0 Å². The van der Waals surface area contributed by atoms with Crippen LogP contribution in [0.4, 0.5) is 0 Å². The van der Waals surface area contributed by atoms with Gasteiger partial charge in [-0.05, 0) is 28.8 Å². The molecule has 0 unspecified atom stereocenters. The van der Waals surface area contributed by atoms with Crippen molar-refractivity contribution in [2.24, 2.45) is 0 Å². The number of esters is 1. The molecular formula is C11H13N5O3S. The topological polar surface area (TPSA) is 99.0 Å². The second kappa shape index (κ2) is 6.75. The number of nitrogens with one attached hydrogen (secondary N) is 1. The summed E-state index contributed by atoms with van der Waals surface area (Å²) in [6.45, 7) is 2.30. The van der Waals surface area contributed by atoms with Gasteiger partial charge in [-0.1, -0.05) is 0 Å². The Morgan fingerprint density at radius 2 is 2.35 bits per heavy atom. The van der Waals surface area contributed by atoms with E-state index >= 15 is 0 Å². The minimum atomic E-state index is -0.334. The molecule has 106 valence electrons. The van der Waals surface area contributed by atoms with E-state index in [1.54, 1.807) is 18.4 Å².